The molecule has 0 spiro atoms. The number of non-ortho nitro benzene ring substituents is 1. The molecule has 1 N–H and O–H groups in total. The molecule has 1 aromatic heterocycles. The molecule has 0 aliphatic carbocycles. The molecule has 0 fully saturated rings. The van der Waals surface area contributed by atoms with Gasteiger partial charge >= 0.3 is 0 Å². The van der Waals surface area contributed by atoms with Gasteiger partial charge in [0, 0.05) is 35.1 Å². The highest BCUT2D eigenvalue weighted by Gasteiger charge is 2.32. The third-order valence-electron chi connectivity index (χ3n) is 5.37. The Labute approximate surface area is 188 Å². The number of rotatable bonds is 5. The van der Waals surface area contributed by atoms with E-state index in [0.717, 1.165) is 27.7 Å². The van der Waals surface area contributed by atoms with Gasteiger partial charge in [0.2, 0.25) is 5.13 Å². The van der Waals surface area contributed by atoms with E-state index in [-0.39, 0.29) is 17.5 Å². The summed E-state index contributed by atoms with van der Waals surface area (Å²) in [6.07, 6.45) is 0.633. The summed E-state index contributed by atoms with van der Waals surface area (Å²) in [5.41, 5.74) is 4.20. The Hall–Kier alpha value is -4.04. The molecule has 8 heteroatoms. The number of phenolic OH excluding ortho intramolecular Hbond substituents is 1. The molecule has 3 aromatic carbocycles. The SMILES string of the molecule is O=[N+]([O-])c1ccc(-c2csc(N3N=C(c4ccccc4O)CC3c3ccccc3)n2)cc1. The van der Waals surface area contributed by atoms with E-state index in [4.69, 9.17) is 10.1 Å². The molecule has 158 valence electrons. The second kappa shape index (κ2) is 8.24. The third kappa shape index (κ3) is 3.72. The lowest BCUT2D eigenvalue weighted by atomic mass is 9.98. The summed E-state index contributed by atoms with van der Waals surface area (Å²) in [5, 5.41) is 30.6. The number of hydrogen-bond acceptors (Lipinski definition) is 7. The maximum absolute atomic E-state index is 10.9. The van der Waals surface area contributed by atoms with Gasteiger partial charge in [0.1, 0.15) is 5.75 Å². The van der Waals surface area contributed by atoms with E-state index >= 15 is 0 Å². The van der Waals surface area contributed by atoms with Crippen molar-refractivity contribution in [2.75, 3.05) is 5.01 Å². The summed E-state index contributed by atoms with van der Waals surface area (Å²) in [6, 6.07) is 23.6. The van der Waals surface area contributed by atoms with Crippen LogP contribution in [0.2, 0.25) is 0 Å². The van der Waals surface area contributed by atoms with Gasteiger partial charge in [0.15, 0.2) is 0 Å². The van der Waals surface area contributed by atoms with Gasteiger partial charge in [-0.1, -0.05) is 42.5 Å². The summed E-state index contributed by atoms with van der Waals surface area (Å²) in [6.45, 7) is 0. The fourth-order valence-corrected chi connectivity index (χ4v) is 4.59. The number of nitro groups is 1. The number of thiazole rings is 1. The first-order valence-corrected chi connectivity index (χ1v) is 10.9. The fraction of sp³-hybridized carbons (Fsp3) is 0.0833. The van der Waals surface area contributed by atoms with Crippen LogP contribution >= 0.6 is 11.3 Å². The number of phenols is 1. The molecule has 1 aliphatic heterocycles. The van der Waals surface area contributed by atoms with E-state index in [1.807, 2.05) is 40.7 Å². The largest absolute Gasteiger partial charge is 0.507 e. The smallest absolute Gasteiger partial charge is 0.269 e. The molecule has 0 saturated carbocycles. The molecule has 1 unspecified atom stereocenters. The van der Waals surface area contributed by atoms with Crippen LogP contribution in [-0.2, 0) is 0 Å². The Kier molecular flexibility index (Phi) is 5.12. The maximum Gasteiger partial charge on any atom is 0.269 e. The van der Waals surface area contributed by atoms with Crippen LogP contribution in [0.5, 0.6) is 5.75 Å². The third-order valence-corrected chi connectivity index (χ3v) is 6.20. The van der Waals surface area contributed by atoms with E-state index in [1.165, 1.54) is 23.5 Å². The first-order chi connectivity index (χ1) is 15.6. The van der Waals surface area contributed by atoms with Crippen LogP contribution in [-0.4, -0.2) is 20.7 Å². The highest BCUT2D eigenvalue weighted by Crippen LogP contribution is 2.40. The van der Waals surface area contributed by atoms with Crippen LogP contribution < -0.4 is 5.01 Å². The van der Waals surface area contributed by atoms with Gasteiger partial charge in [0.05, 0.1) is 22.4 Å². The van der Waals surface area contributed by atoms with E-state index < -0.39 is 4.92 Å². The molecule has 5 rings (SSSR count). The van der Waals surface area contributed by atoms with E-state index in [1.54, 1.807) is 24.3 Å². The molecule has 2 heterocycles. The Morgan fingerprint density at radius 3 is 2.44 bits per heavy atom. The number of nitrogens with zero attached hydrogens (tertiary/aromatic N) is 4. The number of aromatic hydroxyl groups is 1. The lowest BCUT2D eigenvalue weighted by Crippen LogP contribution is -2.18. The Morgan fingerprint density at radius 2 is 1.72 bits per heavy atom. The van der Waals surface area contributed by atoms with E-state index in [0.29, 0.717) is 12.0 Å². The van der Waals surface area contributed by atoms with Gasteiger partial charge in [0.25, 0.3) is 5.69 Å². The Balaban J connectivity index is 1.52. The number of aromatic nitrogens is 1. The van der Waals surface area contributed by atoms with Crippen molar-refractivity contribution in [3.05, 3.63) is 105 Å². The number of hydrogen-bond donors (Lipinski definition) is 1. The van der Waals surface area contributed by atoms with Crippen molar-refractivity contribution in [3.63, 3.8) is 0 Å². The average molecular weight is 443 g/mol. The molecule has 0 bridgehead atoms. The van der Waals surface area contributed by atoms with Gasteiger partial charge in [-0.05, 0) is 29.8 Å². The molecular weight excluding hydrogens is 424 g/mol. The predicted molar refractivity (Wildman–Crippen MR) is 125 cm³/mol. The maximum atomic E-state index is 10.9. The number of hydrazone groups is 1. The standard InChI is InChI=1S/C24H18N4O3S/c29-23-9-5-4-8-19(23)20-14-22(17-6-2-1-3-7-17)27(26-20)24-25-21(15-32-24)16-10-12-18(13-11-16)28(30)31/h1-13,15,22,29H,14H2. The zero-order valence-electron chi connectivity index (χ0n) is 16.8. The van der Waals surface area contributed by atoms with E-state index in [2.05, 4.69) is 12.1 Å². The molecular formula is C24H18N4O3S. The minimum Gasteiger partial charge on any atom is -0.507 e. The van der Waals surface area contributed by atoms with Gasteiger partial charge in [-0.2, -0.15) is 5.10 Å². The monoisotopic (exact) mass is 442 g/mol. The lowest BCUT2D eigenvalue weighted by molar-refractivity contribution is -0.384. The first-order valence-electron chi connectivity index (χ1n) is 10.0. The fourth-order valence-electron chi connectivity index (χ4n) is 3.76. The highest BCUT2D eigenvalue weighted by molar-refractivity contribution is 7.14. The molecule has 0 radical (unpaired) electrons. The topological polar surface area (TPSA) is 91.9 Å². The van der Waals surface area contributed by atoms with Gasteiger partial charge < -0.3 is 5.11 Å². The zero-order valence-corrected chi connectivity index (χ0v) is 17.6. The first kappa shape index (κ1) is 19.9. The Bertz CT molecular complexity index is 1300. The van der Waals surface area contributed by atoms with Crippen LogP contribution in [0.15, 0.2) is 89.3 Å². The van der Waals surface area contributed by atoms with Crippen LogP contribution in [0.3, 0.4) is 0 Å². The van der Waals surface area contributed by atoms with Gasteiger partial charge in [-0.15, -0.1) is 11.3 Å². The van der Waals surface area contributed by atoms with Crippen molar-refractivity contribution in [2.45, 2.75) is 12.5 Å². The molecule has 1 atom stereocenters. The van der Waals surface area contributed by atoms with Gasteiger partial charge in [-0.3, -0.25) is 10.1 Å². The van der Waals surface area contributed by atoms with Crippen LogP contribution in [0, 0.1) is 10.1 Å². The summed E-state index contributed by atoms with van der Waals surface area (Å²) in [4.78, 5) is 15.3. The van der Waals surface area contributed by atoms with Gasteiger partial charge in [-0.25, -0.2) is 9.99 Å². The van der Waals surface area contributed by atoms with Crippen LogP contribution in [0.1, 0.15) is 23.6 Å². The van der Waals surface area contributed by atoms with Crippen molar-refractivity contribution in [3.8, 4) is 17.0 Å². The van der Waals surface area contributed by atoms with Crippen molar-refractivity contribution >= 4 is 27.9 Å². The lowest BCUT2D eigenvalue weighted by Gasteiger charge is -2.21. The molecule has 0 amide bonds. The van der Waals surface area contributed by atoms with Crippen LogP contribution in [0.25, 0.3) is 11.3 Å². The second-order valence-electron chi connectivity index (χ2n) is 7.36. The quantitative estimate of drug-likeness (QED) is 0.312. The molecule has 7 nitrogen and oxygen atoms in total. The summed E-state index contributed by atoms with van der Waals surface area (Å²) >= 11 is 1.46. The van der Waals surface area contributed by atoms with Crippen LogP contribution in [0.4, 0.5) is 10.8 Å². The van der Waals surface area contributed by atoms with Crippen molar-refractivity contribution in [2.24, 2.45) is 5.10 Å². The summed E-state index contributed by atoms with van der Waals surface area (Å²) < 4.78 is 0. The number of benzene rings is 3. The van der Waals surface area contributed by atoms with Crippen molar-refractivity contribution in [1.29, 1.82) is 0 Å². The molecule has 0 saturated heterocycles. The number of para-hydroxylation sites is 1. The predicted octanol–water partition coefficient (Wildman–Crippen LogP) is 5.78. The minimum absolute atomic E-state index is 0.0461. The average Bonchev–Trinajstić information content (AvgIpc) is 3.48. The zero-order chi connectivity index (χ0) is 22.1. The molecule has 4 aromatic rings. The second-order valence-corrected chi connectivity index (χ2v) is 8.19. The van der Waals surface area contributed by atoms with Crippen molar-refractivity contribution < 1.29 is 10.0 Å². The minimum atomic E-state index is -0.416. The van der Waals surface area contributed by atoms with Crippen molar-refractivity contribution in [1.82, 2.24) is 4.98 Å². The normalized spacial score (nSPS) is 15.6. The number of nitro benzene ring substituents is 1. The highest BCUT2D eigenvalue weighted by atomic mass is 32.1. The molecule has 32 heavy (non-hydrogen) atoms. The molecule has 1 aliphatic rings. The summed E-state index contributed by atoms with van der Waals surface area (Å²) in [5.74, 6) is 0.200. The van der Waals surface area contributed by atoms with E-state index in [9.17, 15) is 15.2 Å². The summed E-state index contributed by atoms with van der Waals surface area (Å²) in [7, 11) is 0. The number of anilines is 1. The Morgan fingerprint density at radius 1 is 1.00 bits per heavy atom.